The van der Waals surface area contributed by atoms with Crippen molar-refractivity contribution in [1.29, 1.82) is 0 Å². The van der Waals surface area contributed by atoms with Crippen molar-refractivity contribution in [2.75, 3.05) is 11.4 Å². The summed E-state index contributed by atoms with van der Waals surface area (Å²) in [4.78, 5) is 27.8. The van der Waals surface area contributed by atoms with E-state index < -0.39 is 0 Å². The van der Waals surface area contributed by atoms with E-state index in [4.69, 9.17) is 12.2 Å². The zero-order chi connectivity index (χ0) is 24.3. The molecular weight excluding hydrogens is 460 g/mol. The van der Waals surface area contributed by atoms with E-state index in [1.54, 1.807) is 18.2 Å². The van der Waals surface area contributed by atoms with Crippen molar-refractivity contribution in [3.63, 3.8) is 0 Å². The van der Waals surface area contributed by atoms with Gasteiger partial charge in [0.1, 0.15) is 0 Å². The van der Waals surface area contributed by atoms with Gasteiger partial charge in [-0.15, -0.1) is 0 Å². The Kier molecular flexibility index (Phi) is 10.4. The summed E-state index contributed by atoms with van der Waals surface area (Å²) in [6, 6.07) is 15.1. The first-order valence-electron chi connectivity index (χ1n) is 12.2. The molecule has 1 aliphatic heterocycles. The number of nitrogens with zero attached hydrogens (tertiary/aromatic N) is 1. The van der Waals surface area contributed by atoms with E-state index in [0.717, 1.165) is 18.4 Å². The Balaban J connectivity index is 1.54. The molecule has 6 heteroatoms. The molecule has 1 saturated heterocycles. The molecule has 0 saturated carbocycles. The number of rotatable bonds is 12. The van der Waals surface area contributed by atoms with E-state index in [0.29, 0.717) is 27.0 Å². The molecule has 180 valence electrons. The summed E-state index contributed by atoms with van der Waals surface area (Å²) < 4.78 is 0.472. The molecule has 0 bridgehead atoms. The maximum absolute atomic E-state index is 13.1. The molecule has 0 aromatic heterocycles. The van der Waals surface area contributed by atoms with Crippen LogP contribution >= 0.6 is 24.0 Å². The van der Waals surface area contributed by atoms with Crippen molar-refractivity contribution < 1.29 is 9.59 Å². The molecule has 4 nitrogen and oxygen atoms in total. The van der Waals surface area contributed by atoms with Crippen LogP contribution in [0.1, 0.15) is 79.8 Å². The van der Waals surface area contributed by atoms with Crippen LogP contribution in [0.25, 0.3) is 6.08 Å². The summed E-state index contributed by atoms with van der Waals surface area (Å²) in [7, 11) is 0. The van der Waals surface area contributed by atoms with Gasteiger partial charge in [0.05, 0.1) is 10.6 Å². The van der Waals surface area contributed by atoms with Gasteiger partial charge in [-0.3, -0.25) is 14.5 Å². The van der Waals surface area contributed by atoms with Crippen molar-refractivity contribution in [2.45, 2.75) is 65.2 Å². The summed E-state index contributed by atoms with van der Waals surface area (Å²) >= 11 is 6.78. The highest BCUT2D eigenvalue weighted by Gasteiger charge is 2.33. The average Bonchev–Trinajstić information content (AvgIpc) is 3.11. The van der Waals surface area contributed by atoms with E-state index in [-0.39, 0.29) is 11.8 Å². The van der Waals surface area contributed by atoms with E-state index >= 15 is 0 Å². The van der Waals surface area contributed by atoms with E-state index in [9.17, 15) is 9.59 Å². The number of amides is 2. The smallest absolute Gasteiger partial charge is 0.270 e. The largest absolute Gasteiger partial charge is 0.352 e. The van der Waals surface area contributed by atoms with Crippen LogP contribution in [0.15, 0.2) is 53.4 Å². The predicted octanol–water partition coefficient (Wildman–Crippen LogP) is 7.27. The number of aryl methyl sites for hydroxylation is 1. The van der Waals surface area contributed by atoms with Crippen molar-refractivity contribution >= 4 is 51.9 Å². The highest BCUT2D eigenvalue weighted by molar-refractivity contribution is 8.27. The molecule has 0 spiro atoms. The zero-order valence-electron chi connectivity index (χ0n) is 20.1. The van der Waals surface area contributed by atoms with Crippen LogP contribution in [0.2, 0.25) is 0 Å². The number of nitrogens with one attached hydrogen (secondary N) is 1. The Morgan fingerprint density at radius 3 is 2.38 bits per heavy atom. The predicted molar refractivity (Wildman–Crippen MR) is 148 cm³/mol. The first kappa shape index (κ1) is 26.2. The minimum Gasteiger partial charge on any atom is -0.352 e. The Bertz CT molecular complexity index is 1030. The maximum atomic E-state index is 13.1. The molecule has 2 aromatic carbocycles. The number of carbonyl (C=O) groups is 2. The summed E-state index contributed by atoms with van der Waals surface area (Å²) in [5, 5.41) is 3.00. The van der Waals surface area contributed by atoms with Gasteiger partial charge >= 0.3 is 0 Å². The third kappa shape index (κ3) is 7.54. The fourth-order valence-electron chi connectivity index (χ4n) is 3.85. The van der Waals surface area contributed by atoms with E-state index in [1.807, 2.05) is 43.3 Å². The molecule has 2 amide bonds. The van der Waals surface area contributed by atoms with Gasteiger partial charge in [-0.1, -0.05) is 112 Å². The molecule has 0 radical (unpaired) electrons. The van der Waals surface area contributed by atoms with Crippen LogP contribution in [0.5, 0.6) is 0 Å². The summed E-state index contributed by atoms with van der Waals surface area (Å²) in [6.45, 7) is 4.93. The minimum absolute atomic E-state index is 0.120. The molecule has 1 N–H and O–H groups in total. The number of carbonyl (C=O) groups excluding carboxylic acids is 2. The Hall–Kier alpha value is -2.44. The highest BCUT2D eigenvalue weighted by atomic mass is 32.2. The quantitative estimate of drug-likeness (QED) is 0.191. The molecular formula is C28H34N2O2S2. The third-order valence-corrected chi connectivity index (χ3v) is 7.15. The molecule has 0 unspecified atom stereocenters. The topological polar surface area (TPSA) is 49.4 Å². The second-order valence-corrected chi connectivity index (χ2v) is 10.4. The first-order chi connectivity index (χ1) is 16.5. The number of hydrogen-bond donors (Lipinski definition) is 1. The van der Waals surface area contributed by atoms with Gasteiger partial charge in [0.25, 0.3) is 11.8 Å². The number of anilines is 1. The van der Waals surface area contributed by atoms with Gasteiger partial charge in [0, 0.05) is 12.1 Å². The number of thiocarbonyl (C=S) groups is 1. The van der Waals surface area contributed by atoms with Crippen LogP contribution in [0, 0.1) is 6.92 Å². The molecule has 0 atom stereocenters. The summed E-state index contributed by atoms with van der Waals surface area (Å²) in [6.07, 6.45) is 11.7. The van der Waals surface area contributed by atoms with Crippen molar-refractivity contribution in [3.05, 3.63) is 70.1 Å². The number of thioether (sulfide) groups is 1. The van der Waals surface area contributed by atoms with Gasteiger partial charge < -0.3 is 5.32 Å². The number of benzene rings is 2. The van der Waals surface area contributed by atoms with Gasteiger partial charge in [-0.2, -0.15) is 0 Å². The SMILES string of the molecule is CCCCCCCCCCNC(=O)c1cccc(N2C(=O)/C(=C/c3ccc(C)cc3)SC2=S)c1. The van der Waals surface area contributed by atoms with Crippen molar-refractivity contribution in [1.82, 2.24) is 5.32 Å². The summed E-state index contributed by atoms with van der Waals surface area (Å²) in [5.74, 6) is -0.280. The lowest BCUT2D eigenvalue weighted by Gasteiger charge is -2.15. The Morgan fingerprint density at radius 1 is 1.00 bits per heavy atom. The minimum atomic E-state index is -0.160. The lowest BCUT2D eigenvalue weighted by molar-refractivity contribution is -0.113. The Morgan fingerprint density at radius 2 is 1.68 bits per heavy atom. The molecule has 2 aromatic rings. The van der Waals surface area contributed by atoms with Crippen molar-refractivity contribution in [3.8, 4) is 0 Å². The third-order valence-electron chi connectivity index (χ3n) is 5.85. The average molecular weight is 495 g/mol. The van der Waals surface area contributed by atoms with Gasteiger partial charge in [-0.05, 0) is 43.2 Å². The van der Waals surface area contributed by atoms with Crippen LogP contribution < -0.4 is 10.2 Å². The van der Waals surface area contributed by atoms with Gasteiger partial charge in [0.15, 0.2) is 4.32 Å². The van der Waals surface area contributed by atoms with Crippen LogP contribution in [0.4, 0.5) is 5.69 Å². The summed E-state index contributed by atoms with van der Waals surface area (Å²) in [5.41, 5.74) is 3.28. The standard InChI is InChI=1S/C28H34N2O2S2/c1-3-4-5-6-7-8-9-10-18-29-26(31)23-12-11-13-24(20-23)30-27(32)25(34-28(30)33)19-22-16-14-21(2)15-17-22/h11-17,19-20H,3-10,18H2,1-2H3,(H,29,31)/b25-19-. The van der Waals surface area contributed by atoms with Crippen LogP contribution in [-0.2, 0) is 4.79 Å². The molecule has 1 aliphatic rings. The monoisotopic (exact) mass is 494 g/mol. The number of hydrogen-bond acceptors (Lipinski definition) is 4. The fraction of sp³-hybridized carbons (Fsp3) is 0.393. The second-order valence-electron chi connectivity index (χ2n) is 8.71. The lowest BCUT2D eigenvalue weighted by Crippen LogP contribution is -2.28. The van der Waals surface area contributed by atoms with Crippen LogP contribution in [0.3, 0.4) is 0 Å². The molecule has 3 rings (SSSR count). The zero-order valence-corrected chi connectivity index (χ0v) is 21.8. The normalized spacial score (nSPS) is 14.8. The highest BCUT2D eigenvalue weighted by Crippen LogP contribution is 2.36. The maximum Gasteiger partial charge on any atom is 0.270 e. The molecule has 1 fully saturated rings. The van der Waals surface area contributed by atoms with Gasteiger partial charge in [-0.25, -0.2) is 0 Å². The lowest BCUT2D eigenvalue weighted by atomic mass is 10.1. The number of unbranched alkanes of at least 4 members (excludes halogenated alkanes) is 7. The fourth-order valence-corrected chi connectivity index (χ4v) is 5.15. The van der Waals surface area contributed by atoms with E-state index in [1.165, 1.54) is 60.8 Å². The Labute approximate surface area is 213 Å². The van der Waals surface area contributed by atoms with Gasteiger partial charge in [0.2, 0.25) is 0 Å². The molecule has 1 heterocycles. The molecule has 34 heavy (non-hydrogen) atoms. The second kappa shape index (κ2) is 13.4. The molecule has 0 aliphatic carbocycles. The van der Waals surface area contributed by atoms with Crippen molar-refractivity contribution in [2.24, 2.45) is 0 Å². The first-order valence-corrected chi connectivity index (χ1v) is 13.4. The van der Waals surface area contributed by atoms with E-state index in [2.05, 4.69) is 12.2 Å². The van der Waals surface area contributed by atoms with Crippen LogP contribution in [-0.4, -0.2) is 22.7 Å².